The van der Waals surface area contributed by atoms with E-state index in [4.69, 9.17) is 20.9 Å². The minimum absolute atomic E-state index is 0.0234. The number of hydrogen-bond acceptors (Lipinski definition) is 6. The lowest BCUT2D eigenvalue weighted by Crippen LogP contribution is -2.40. The topological polar surface area (TPSA) is 107 Å². The van der Waals surface area contributed by atoms with Crippen molar-refractivity contribution in [1.29, 1.82) is 0 Å². The van der Waals surface area contributed by atoms with Crippen molar-refractivity contribution in [3.63, 3.8) is 0 Å². The van der Waals surface area contributed by atoms with E-state index in [0.717, 1.165) is 12.1 Å². The second-order valence-electron chi connectivity index (χ2n) is 4.13. The summed E-state index contributed by atoms with van der Waals surface area (Å²) in [5.74, 6) is -3.88. The zero-order chi connectivity index (χ0) is 18.9. The number of rotatable bonds is 5. The van der Waals surface area contributed by atoms with E-state index in [1.807, 2.05) is 0 Å². The fraction of sp³-hybridized carbons (Fsp3) is 0.273. The minimum atomic E-state index is -6.01. The summed E-state index contributed by atoms with van der Waals surface area (Å²) in [6, 6.07) is 1.91. The maximum absolute atomic E-state index is 13.1. The van der Waals surface area contributed by atoms with E-state index in [1.165, 1.54) is 0 Å². The zero-order valence-corrected chi connectivity index (χ0v) is 16.7. The molecule has 0 aliphatic heterocycles. The van der Waals surface area contributed by atoms with Crippen LogP contribution >= 0.6 is 50.1 Å². The summed E-state index contributed by atoms with van der Waals surface area (Å²) < 4.78 is 64.3. The molecule has 0 saturated carbocycles. The highest BCUT2D eigenvalue weighted by molar-refractivity contribution is 14.1. The first kappa shape index (κ1) is 21.5. The molecule has 7 nitrogen and oxygen atoms in total. The molecule has 0 saturated heterocycles. The fourth-order valence-corrected chi connectivity index (χ4v) is 2.10. The average molecular weight is 563 g/mol. The molecule has 1 aromatic carbocycles. The monoisotopic (exact) mass is 562 g/mol. The van der Waals surface area contributed by atoms with Crippen LogP contribution in [-0.4, -0.2) is 34.1 Å². The van der Waals surface area contributed by atoms with Crippen molar-refractivity contribution in [3.05, 3.63) is 21.6 Å². The van der Waals surface area contributed by atoms with Crippen LogP contribution in [0.15, 0.2) is 16.6 Å². The lowest BCUT2D eigenvalue weighted by atomic mass is 10.3. The third-order valence-electron chi connectivity index (χ3n) is 2.29. The molecular formula is C11H7BrClF2IO7S. The highest BCUT2D eigenvalue weighted by atomic mass is 127. The third-order valence-corrected chi connectivity index (χ3v) is 4.52. The summed E-state index contributed by atoms with van der Waals surface area (Å²) in [6.45, 7) is 1.56. The molecular weight excluding hydrogens is 556 g/mol. The molecule has 1 unspecified atom stereocenters. The zero-order valence-electron chi connectivity index (χ0n) is 11.4. The highest BCUT2D eigenvalue weighted by Crippen LogP contribution is 2.37. The summed E-state index contributed by atoms with van der Waals surface area (Å²) in [5, 5.41) is -5.59. The van der Waals surface area contributed by atoms with E-state index in [2.05, 4.69) is 20.7 Å². The molecule has 0 heterocycles. The Balaban J connectivity index is 3.10. The van der Waals surface area contributed by atoms with Gasteiger partial charge in [-0.1, -0.05) is 34.2 Å². The molecule has 0 bridgehead atoms. The molecule has 0 fully saturated rings. The van der Waals surface area contributed by atoms with Crippen molar-refractivity contribution < 1.29 is 40.8 Å². The van der Waals surface area contributed by atoms with Crippen LogP contribution in [0.25, 0.3) is 0 Å². The molecule has 24 heavy (non-hydrogen) atoms. The molecule has 0 aromatic heterocycles. The highest BCUT2D eigenvalue weighted by Gasteiger charge is 2.54. The Morgan fingerprint density at radius 1 is 1.33 bits per heavy atom. The summed E-state index contributed by atoms with van der Waals surface area (Å²) >= 11 is 10.5. The largest absolute Gasteiger partial charge is 0.466 e. The van der Waals surface area contributed by atoms with Gasteiger partial charge in [0.15, 0.2) is 5.75 Å². The first-order valence-corrected chi connectivity index (χ1v) is 9.55. The number of carbonyl (C=O) groups excluding carboxylic acids is 2. The fourth-order valence-electron chi connectivity index (χ4n) is 1.12. The van der Waals surface area contributed by atoms with Gasteiger partial charge in [0, 0.05) is 12.1 Å². The molecule has 13 heteroatoms. The van der Waals surface area contributed by atoms with Gasteiger partial charge >= 0.3 is 27.3 Å². The molecule has 1 N–H and O–H groups in total. The number of alkyl halides is 3. The van der Waals surface area contributed by atoms with E-state index in [1.54, 1.807) is 29.5 Å². The van der Waals surface area contributed by atoms with Gasteiger partial charge in [-0.2, -0.15) is 17.2 Å². The predicted molar refractivity (Wildman–Crippen MR) is 90.4 cm³/mol. The molecule has 0 aliphatic carbocycles. The Bertz CT molecular complexity index is 785. The van der Waals surface area contributed by atoms with Crippen molar-refractivity contribution in [2.45, 2.75) is 16.1 Å². The van der Waals surface area contributed by atoms with Gasteiger partial charge in [0.25, 0.3) is 0 Å². The van der Waals surface area contributed by atoms with Crippen LogP contribution in [0.5, 0.6) is 11.5 Å². The molecule has 1 rings (SSSR count). The lowest BCUT2D eigenvalue weighted by molar-refractivity contribution is -0.151. The molecule has 134 valence electrons. The summed E-state index contributed by atoms with van der Waals surface area (Å²) in [6.07, 6.45) is 0. The smallest absolute Gasteiger partial charge is 0.424 e. The Hall–Kier alpha value is -0.570. The third kappa shape index (κ3) is 4.97. The number of esters is 2. The van der Waals surface area contributed by atoms with E-state index in [0.29, 0.717) is 0 Å². The van der Waals surface area contributed by atoms with E-state index in [-0.39, 0.29) is 10.2 Å². The van der Waals surface area contributed by atoms with Gasteiger partial charge in [0.1, 0.15) is 9.67 Å². The molecule has 0 radical (unpaired) electrons. The van der Waals surface area contributed by atoms with Gasteiger partial charge in [0.2, 0.25) is 0 Å². The second-order valence-corrected chi connectivity index (χ2v) is 8.72. The van der Waals surface area contributed by atoms with Crippen molar-refractivity contribution in [2.75, 3.05) is 0 Å². The summed E-state index contributed by atoms with van der Waals surface area (Å²) in [7, 11) is -6.01. The maximum atomic E-state index is 13.1. The SMILES string of the molecule is CC(I)C(=O)Oc1cc(Cl)c(OC(=O)C(F)(F)S(=O)(=O)O)cc1Br. The summed E-state index contributed by atoms with van der Waals surface area (Å²) in [4.78, 5) is 22.7. The molecule has 1 atom stereocenters. The van der Waals surface area contributed by atoms with Crippen molar-refractivity contribution in [2.24, 2.45) is 0 Å². The Labute approximate surface area is 161 Å². The van der Waals surface area contributed by atoms with E-state index < -0.39 is 42.0 Å². The van der Waals surface area contributed by atoms with Gasteiger partial charge in [-0.25, -0.2) is 4.79 Å². The quantitative estimate of drug-likeness (QED) is 0.193. The van der Waals surface area contributed by atoms with Gasteiger partial charge in [0.05, 0.1) is 9.50 Å². The first-order chi connectivity index (χ1) is 10.8. The second kappa shape index (κ2) is 7.76. The number of ether oxygens (including phenoxy) is 2. The van der Waals surface area contributed by atoms with Crippen molar-refractivity contribution >= 4 is 72.2 Å². The van der Waals surface area contributed by atoms with Gasteiger partial charge in [-0.15, -0.1) is 0 Å². The average Bonchev–Trinajstić information content (AvgIpc) is 2.42. The van der Waals surface area contributed by atoms with Gasteiger partial charge < -0.3 is 9.47 Å². The van der Waals surface area contributed by atoms with E-state index >= 15 is 0 Å². The first-order valence-electron chi connectivity index (χ1n) is 5.69. The number of benzene rings is 1. The minimum Gasteiger partial charge on any atom is -0.424 e. The standard InChI is InChI=1S/C11H7BrClF2IO7S/c1-4(16)9(17)22-7-3-6(13)8(2-5(7)12)23-10(18)11(14,15)24(19,20)21/h2-4H,1H3,(H,19,20,21). The summed E-state index contributed by atoms with van der Waals surface area (Å²) in [5.41, 5.74) is 0. The maximum Gasteiger partial charge on any atom is 0.466 e. The van der Waals surface area contributed by atoms with Crippen molar-refractivity contribution in [1.82, 2.24) is 0 Å². The van der Waals surface area contributed by atoms with Crippen LogP contribution in [-0.2, 0) is 19.7 Å². The van der Waals surface area contributed by atoms with Crippen LogP contribution in [0.3, 0.4) is 0 Å². The number of carbonyl (C=O) groups is 2. The van der Waals surface area contributed by atoms with Crippen LogP contribution in [0.1, 0.15) is 6.92 Å². The Morgan fingerprint density at radius 3 is 2.33 bits per heavy atom. The van der Waals surface area contributed by atoms with Gasteiger partial charge in [-0.3, -0.25) is 9.35 Å². The Morgan fingerprint density at radius 2 is 1.88 bits per heavy atom. The molecule has 0 amide bonds. The van der Waals surface area contributed by atoms with Crippen LogP contribution in [0.2, 0.25) is 5.02 Å². The Kier molecular flexibility index (Phi) is 6.94. The number of halogens is 5. The molecule has 0 spiro atoms. The van der Waals surface area contributed by atoms with Crippen LogP contribution in [0.4, 0.5) is 8.78 Å². The predicted octanol–water partition coefficient (Wildman–Crippen LogP) is 3.22. The van der Waals surface area contributed by atoms with Crippen molar-refractivity contribution in [3.8, 4) is 11.5 Å². The lowest BCUT2D eigenvalue weighted by Gasteiger charge is -2.14. The van der Waals surface area contributed by atoms with E-state index in [9.17, 15) is 26.8 Å². The molecule has 0 aliphatic rings. The molecule has 1 aromatic rings. The number of hydrogen-bond donors (Lipinski definition) is 1. The van der Waals surface area contributed by atoms with Gasteiger partial charge in [-0.05, 0) is 22.9 Å². The van der Waals surface area contributed by atoms with Crippen LogP contribution in [0, 0.1) is 0 Å². The normalized spacial score (nSPS) is 13.3. The van der Waals surface area contributed by atoms with Crippen LogP contribution < -0.4 is 9.47 Å².